The molecule has 0 aromatic rings. The fraction of sp³-hybridized carbons (Fsp3) is 0.818. The van der Waals surface area contributed by atoms with E-state index in [1.54, 1.807) is 7.11 Å². The number of alkyl halides is 1. The average Bonchev–Trinajstić information content (AvgIpc) is 2.24. The quantitative estimate of drug-likeness (QED) is 0.420. The zero-order valence-corrected chi connectivity index (χ0v) is 10.9. The van der Waals surface area contributed by atoms with Gasteiger partial charge in [-0.25, -0.2) is 0 Å². The molecule has 14 heavy (non-hydrogen) atoms. The summed E-state index contributed by atoms with van der Waals surface area (Å²) in [6.07, 6.45) is 10.5. The van der Waals surface area contributed by atoms with Gasteiger partial charge in [0.15, 0.2) is 6.29 Å². The second kappa shape index (κ2) is 7.65. The largest absolute Gasteiger partial charge is 0.355 e. The second-order valence-corrected chi connectivity index (χ2v) is 5.16. The van der Waals surface area contributed by atoms with Gasteiger partial charge in [0.05, 0.1) is 10.5 Å². The highest BCUT2D eigenvalue weighted by molar-refractivity contribution is 14.1. The molecule has 0 aliphatic carbocycles. The average molecular weight is 310 g/mol. The van der Waals surface area contributed by atoms with Crippen LogP contribution in [-0.4, -0.2) is 23.9 Å². The van der Waals surface area contributed by atoms with E-state index in [1.807, 2.05) is 0 Å². The predicted octanol–water partition coefficient (Wildman–Crippen LogP) is 3.30. The van der Waals surface area contributed by atoms with Gasteiger partial charge in [-0.15, -0.1) is 0 Å². The van der Waals surface area contributed by atoms with Crippen LogP contribution in [0.2, 0.25) is 0 Å². The van der Waals surface area contributed by atoms with Crippen LogP contribution in [0.4, 0.5) is 0 Å². The maximum absolute atomic E-state index is 5.62. The van der Waals surface area contributed by atoms with E-state index in [-0.39, 0.29) is 6.29 Å². The van der Waals surface area contributed by atoms with E-state index in [0.29, 0.717) is 10.5 Å². The Morgan fingerprint density at radius 3 is 2.93 bits per heavy atom. The molecule has 0 N–H and O–H groups in total. The molecular formula is C11H19IO2. The number of methoxy groups -OCH3 is 1. The Morgan fingerprint density at radius 2 is 2.14 bits per heavy atom. The lowest BCUT2D eigenvalue weighted by Gasteiger charge is -2.20. The number of allylic oxidation sites excluding steroid dienone is 1. The van der Waals surface area contributed by atoms with Crippen LogP contribution >= 0.6 is 22.6 Å². The molecule has 2 unspecified atom stereocenters. The summed E-state index contributed by atoms with van der Waals surface area (Å²) in [5.74, 6) is 0. The van der Waals surface area contributed by atoms with Gasteiger partial charge >= 0.3 is 0 Å². The number of rotatable bonds is 1. The number of ether oxygens (including phenoxy) is 2. The molecule has 1 aliphatic rings. The van der Waals surface area contributed by atoms with E-state index >= 15 is 0 Å². The maximum Gasteiger partial charge on any atom is 0.169 e. The van der Waals surface area contributed by atoms with Gasteiger partial charge in [-0.2, -0.15) is 0 Å². The van der Waals surface area contributed by atoms with Gasteiger partial charge in [0, 0.05) is 7.11 Å². The number of halogens is 1. The second-order valence-electron chi connectivity index (χ2n) is 3.56. The van der Waals surface area contributed by atoms with Crippen LogP contribution in [0.25, 0.3) is 0 Å². The van der Waals surface area contributed by atoms with Crippen molar-refractivity contribution < 1.29 is 9.47 Å². The molecule has 0 fully saturated rings. The van der Waals surface area contributed by atoms with Crippen molar-refractivity contribution in [2.45, 2.75) is 42.3 Å². The first kappa shape index (κ1) is 12.5. The van der Waals surface area contributed by atoms with Crippen LogP contribution in [0.15, 0.2) is 12.2 Å². The fourth-order valence-electron chi connectivity index (χ4n) is 1.57. The van der Waals surface area contributed by atoms with Crippen LogP contribution in [0.5, 0.6) is 0 Å². The number of hydrogen-bond acceptors (Lipinski definition) is 2. The monoisotopic (exact) mass is 310 g/mol. The molecule has 0 saturated heterocycles. The summed E-state index contributed by atoms with van der Waals surface area (Å²) in [4.78, 5) is 0. The third-order valence-corrected chi connectivity index (χ3v) is 3.61. The number of hydrogen-bond donors (Lipinski definition) is 0. The standard InChI is InChI=1S/C11H19IO2/c1-13-11-10(12)8-6-4-2-3-5-7-9-14-11/h5,7,10-11H,2-4,6,8-9H2,1H3/b7-5+. The van der Waals surface area contributed by atoms with Crippen molar-refractivity contribution in [2.24, 2.45) is 0 Å². The van der Waals surface area contributed by atoms with E-state index in [4.69, 9.17) is 9.47 Å². The van der Waals surface area contributed by atoms with Gasteiger partial charge in [0.1, 0.15) is 0 Å². The van der Waals surface area contributed by atoms with Gasteiger partial charge in [-0.05, 0) is 19.3 Å². The summed E-state index contributed by atoms with van der Waals surface area (Å²) < 4.78 is 11.4. The highest BCUT2D eigenvalue weighted by Crippen LogP contribution is 2.19. The fourth-order valence-corrected chi connectivity index (χ4v) is 2.51. The SMILES string of the molecule is COC1OC/C=C/CCCCCC1I. The van der Waals surface area contributed by atoms with Gasteiger partial charge in [0.25, 0.3) is 0 Å². The van der Waals surface area contributed by atoms with Gasteiger partial charge in [0.2, 0.25) is 0 Å². The van der Waals surface area contributed by atoms with Gasteiger partial charge < -0.3 is 9.47 Å². The van der Waals surface area contributed by atoms with Crippen LogP contribution in [0, 0.1) is 0 Å². The molecule has 1 rings (SSSR count). The Hall–Kier alpha value is 0.390. The van der Waals surface area contributed by atoms with E-state index in [0.717, 1.165) is 0 Å². The molecule has 2 nitrogen and oxygen atoms in total. The Kier molecular flexibility index (Phi) is 6.81. The first-order valence-corrected chi connectivity index (χ1v) is 6.52. The molecule has 82 valence electrons. The summed E-state index contributed by atoms with van der Waals surface area (Å²) in [5.41, 5.74) is 0. The van der Waals surface area contributed by atoms with Crippen LogP contribution in [0.3, 0.4) is 0 Å². The molecule has 0 spiro atoms. The van der Waals surface area contributed by atoms with Crippen molar-refractivity contribution in [3.63, 3.8) is 0 Å². The summed E-state index contributed by atoms with van der Waals surface area (Å²) in [7, 11) is 1.72. The first-order chi connectivity index (χ1) is 6.84. The predicted molar refractivity (Wildman–Crippen MR) is 66.8 cm³/mol. The van der Waals surface area contributed by atoms with Crippen molar-refractivity contribution >= 4 is 22.6 Å². The van der Waals surface area contributed by atoms with E-state index in [2.05, 4.69) is 34.7 Å². The molecule has 0 radical (unpaired) electrons. The van der Waals surface area contributed by atoms with Crippen molar-refractivity contribution in [1.82, 2.24) is 0 Å². The van der Waals surface area contributed by atoms with E-state index in [1.165, 1.54) is 32.1 Å². The normalized spacial score (nSPS) is 33.3. The molecule has 1 heterocycles. The summed E-state index contributed by atoms with van der Waals surface area (Å²) in [6, 6.07) is 0. The van der Waals surface area contributed by atoms with Crippen molar-refractivity contribution in [1.29, 1.82) is 0 Å². The van der Waals surface area contributed by atoms with Crippen LogP contribution in [0.1, 0.15) is 32.1 Å². The molecule has 0 aromatic heterocycles. The molecule has 0 saturated carbocycles. The molecule has 3 heteroatoms. The lowest BCUT2D eigenvalue weighted by atomic mass is 10.1. The summed E-state index contributed by atoms with van der Waals surface area (Å²) >= 11 is 2.43. The zero-order chi connectivity index (χ0) is 10.2. The smallest absolute Gasteiger partial charge is 0.169 e. The minimum atomic E-state index is -0.0432. The molecule has 0 amide bonds. The van der Waals surface area contributed by atoms with Gasteiger partial charge in [-0.3, -0.25) is 0 Å². The van der Waals surface area contributed by atoms with Crippen molar-refractivity contribution in [2.75, 3.05) is 13.7 Å². The third-order valence-electron chi connectivity index (χ3n) is 2.40. The van der Waals surface area contributed by atoms with Crippen molar-refractivity contribution in [3.8, 4) is 0 Å². The lowest BCUT2D eigenvalue weighted by Crippen LogP contribution is -2.26. The van der Waals surface area contributed by atoms with Crippen LogP contribution < -0.4 is 0 Å². The highest BCUT2D eigenvalue weighted by atomic mass is 127. The Labute approximate surface area is 100 Å². The molecular weight excluding hydrogens is 291 g/mol. The molecule has 0 aromatic carbocycles. The third kappa shape index (κ3) is 4.75. The zero-order valence-electron chi connectivity index (χ0n) is 8.75. The van der Waals surface area contributed by atoms with E-state index in [9.17, 15) is 0 Å². The molecule has 0 bridgehead atoms. The van der Waals surface area contributed by atoms with Crippen LogP contribution in [-0.2, 0) is 9.47 Å². The van der Waals surface area contributed by atoms with Crippen molar-refractivity contribution in [3.05, 3.63) is 12.2 Å². The molecule has 2 atom stereocenters. The lowest BCUT2D eigenvalue weighted by molar-refractivity contribution is -0.112. The Bertz CT molecular complexity index is 171. The van der Waals surface area contributed by atoms with Gasteiger partial charge in [-0.1, -0.05) is 47.6 Å². The minimum Gasteiger partial charge on any atom is -0.355 e. The molecule has 1 aliphatic heterocycles. The highest BCUT2D eigenvalue weighted by Gasteiger charge is 2.18. The maximum atomic E-state index is 5.62. The summed E-state index contributed by atoms with van der Waals surface area (Å²) in [5, 5.41) is 0. The first-order valence-electron chi connectivity index (χ1n) is 5.28. The Morgan fingerprint density at radius 1 is 1.29 bits per heavy atom. The summed E-state index contributed by atoms with van der Waals surface area (Å²) in [6.45, 7) is 0.679. The minimum absolute atomic E-state index is 0.0432. The Balaban J connectivity index is 2.41. The topological polar surface area (TPSA) is 18.5 Å². The van der Waals surface area contributed by atoms with E-state index < -0.39 is 0 Å².